The van der Waals surface area contributed by atoms with E-state index in [-0.39, 0.29) is 18.6 Å². The second-order valence-electron chi connectivity index (χ2n) is 6.58. The zero-order valence-corrected chi connectivity index (χ0v) is 14.2. The topological polar surface area (TPSA) is 58.6 Å². The van der Waals surface area contributed by atoms with Gasteiger partial charge in [-0.25, -0.2) is 4.79 Å². The van der Waals surface area contributed by atoms with E-state index in [1.165, 1.54) is 24.3 Å². The highest BCUT2D eigenvalue weighted by Gasteiger charge is 2.24. The lowest BCUT2D eigenvalue weighted by atomic mass is 10.0. The predicted octanol–water partition coefficient (Wildman–Crippen LogP) is 2.86. The Bertz CT molecular complexity index is 566. The van der Waals surface area contributed by atoms with Gasteiger partial charge in [0.2, 0.25) is 0 Å². The van der Waals surface area contributed by atoms with Crippen molar-refractivity contribution in [2.75, 3.05) is 13.7 Å². The quantitative estimate of drug-likeness (QED) is 0.600. The van der Waals surface area contributed by atoms with E-state index in [1.54, 1.807) is 6.08 Å². The number of hydrogen-bond acceptors (Lipinski definition) is 4. The SMILES string of the molecule is COC(=O)C=Cc1ccc2c(c1)CC[C@H]2N[C@H](CO)CC(C)C. The molecule has 1 aromatic carbocycles. The van der Waals surface area contributed by atoms with E-state index in [9.17, 15) is 9.90 Å². The molecule has 2 N–H and O–H groups in total. The molecule has 126 valence electrons. The molecule has 0 spiro atoms. The molecule has 0 saturated carbocycles. The molecule has 0 unspecified atom stereocenters. The number of aliphatic hydroxyl groups is 1. The Kier molecular flexibility index (Phi) is 6.37. The van der Waals surface area contributed by atoms with Crippen LogP contribution in [0.5, 0.6) is 0 Å². The molecule has 2 atom stereocenters. The van der Waals surface area contributed by atoms with E-state index in [0.29, 0.717) is 12.0 Å². The molecule has 0 fully saturated rings. The number of fused-ring (bicyclic) bond motifs is 1. The maximum atomic E-state index is 11.2. The van der Waals surface area contributed by atoms with Crippen LogP contribution in [0.1, 0.15) is 49.4 Å². The van der Waals surface area contributed by atoms with Gasteiger partial charge >= 0.3 is 5.97 Å². The Labute approximate surface area is 138 Å². The molecule has 1 aliphatic rings. The van der Waals surface area contributed by atoms with Crippen molar-refractivity contribution in [2.24, 2.45) is 5.92 Å². The third-order valence-electron chi connectivity index (χ3n) is 4.27. The summed E-state index contributed by atoms with van der Waals surface area (Å²) < 4.78 is 4.61. The maximum Gasteiger partial charge on any atom is 0.330 e. The summed E-state index contributed by atoms with van der Waals surface area (Å²) in [5.74, 6) is 0.218. The van der Waals surface area contributed by atoms with Gasteiger partial charge in [0.25, 0.3) is 0 Å². The third kappa shape index (κ3) is 4.91. The average Bonchev–Trinajstić information content (AvgIpc) is 2.93. The zero-order chi connectivity index (χ0) is 16.8. The van der Waals surface area contributed by atoms with Crippen LogP contribution in [0.2, 0.25) is 0 Å². The molecule has 23 heavy (non-hydrogen) atoms. The smallest absolute Gasteiger partial charge is 0.330 e. The van der Waals surface area contributed by atoms with Crippen LogP contribution in [0.3, 0.4) is 0 Å². The average molecular weight is 317 g/mol. The van der Waals surface area contributed by atoms with Gasteiger partial charge < -0.3 is 15.2 Å². The van der Waals surface area contributed by atoms with Crippen molar-refractivity contribution in [2.45, 2.75) is 45.2 Å². The number of rotatable bonds is 7. The molecule has 0 aromatic heterocycles. The predicted molar refractivity (Wildman–Crippen MR) is 92.0 cm³/mol. The van der Waals surface area contributed by atoms with Crippen molar-refractivity contribution in [1.29, 1.82) is 0 Å². The van der Waals surface area contributed by atoms with E-state index in [1.807, 2.05) is 6.07 Å². The fourth-order valence-electron chi connectivity index (χ4n) is 3.20. The van der Waals surface area contributed by atoms with Crippen molar-refractivity contribution in [3.8, 4) is 0 Å². The molecule has 0 heterocycles. The highest BCUT2D eigenvalue weighted by atomic mass is 16.5. The van der Waals surface area contributed by atoms with Crippen LogP contribution in [-0.4, -0.2) is 30.8 Å². The van der Waals surface area contributed by atoms with E-state index >= 15 is 0 Å². The Morgan fingerprint density at radius 3 is 2.91 bits per heavy atom. The number of aliphatic hydroxyl groups excluding tert-OH is 1. The molecular formula is C19H27NO3. The van der Waals surface area contributed by atoms with Crippen LogP contribution in [0, 0.1) is 5.92 Å². The second-order valence-corrected chi connectivity index (χ2v) is 6.58. The normalized spacial score (nSPS) is 18.4. The van der Waals surface area contributed by atoms with Crippen molar-refractivity contribution in [1.82, 2.24) is 5.32 Å². The highest BCUT2D eigenvalue weighted by molar-refractivity contribution is 5.86. The second kappa shape index (κ2) is 8.27. The van der Waals surface area contributed by atoms with Gasteiger partial charge in [-0.15, -0.1) is 0 Å². The molecule has 0 radical (unpaired) electrons. The molecule has 1 aromatic rings. The minimum atomic E-state index is -0.343. The largest absolute Gasteiger partial charge is 0.466 e. The summed E-state index contributed by atoms with van der Waals surface area (Å²) in [6.07, 6.45) is 6.27. The number of esters is 1. The Morgan fingerprint density at radius 1 is 1.48 bits per heavy atom. The summed E-state index contributed by atoms with van der Waals surface area (Å²) in [5.41, 5.74) is 3.63. The number of benzene rings is 1. The lowest BCUT2D eigenvalue weighted by Gasteiger charge is -2.23. The van der Waals surface area contributed by atoms with Crippen LogP contribution >= 0.6 is 0 Å². The number of methoxy groups -OCH3 is 1. The van der Waals surface area contributed by atoms with Crippen LogP contribution in [0.25, 0.3) is 6.08 Å². The first kappa shape index (κ1) is 17.7. The maximum absolute atomic E-state index is 11.2. The minimum Gasteiger partial charge on any atom is -0.466 e. The van der Waals surface area contributed by atoms with Gasteiger partial charge in [-0.3, -0.25) is 0 Å². The Balaban J connectivity index is 2.06. The zero-order valence-electron chi connectivity index (χ0n) is 14.2. The number of carbonyl (C=O) groups is 1. The summed E-state index contributed by atoms with van der Waals surface area (Å²) in [6, 6.07) is 6.73. The van der Waals surface area contributed by atoms with Crippen molar-refractivity contribution in [3.05, 3.63) is 41.0 Å². The number of nitrogens with one attached hydrogen (secondary N) is 1. The first-order chi connectivity index (χ1) is 11.0. The van der Waals surface area contributed by atoms with E-state index in [2.05, 4.69) is 36.0 Å². The van der Waals surface area contributed by atoms with Gasteiger partial charge in [0.15, 0.2) is 0 Å². The number of aryl methyl sites for hydroxylation is 1. The molecule has 0 saturated heterocycles. The number of ether oxygens (including phenoxy) is 1. The van der Waals surface area contributed by atoms with Crippen LogP contribution in [0.15, 0.2) is 24.3 Å². The fraction of sp³-hybridized carbons (Fsp3) is 0.526. The van der Waals surface area contributed by atoms with Gasteiger partial charge in [-0.05, 0) is 47.9 Å². The van der Waals surface area contributed by atoms with Gasteiger partial charge in [0.05, 0.1) is 13.7 Å². The fourth-order valence-corrected chi connectivity index (χ4v) is 3.20. The summed E-state index contributed by atoms with van der Waals surface area (Å²) in [5, 5.41) is 13.1. The third-order valence-corrected chi connectivity index (χ3v) is 4.27. The lowest BCUT2D eigenvalue weighted by Crippen LogP contribution is -2.36. The Morgan fingerprint density at radius 2 is 2.26 bits per heavy atom. The molecule has 0 bridgehead atoms. The monoisotopic (exact) mass is 317 g/mol. The minimum absolute atomic E-state index is 0.143. The van der Waals surface area contributed by atoms with Gasteiger partial charge in [0.1, 0.15) is 0 Å². The summed E-state index contributed by atoms with van der Waals surface area (Å²) >= 11 is 0. The lowest BCUT2D eigenvalue weighted by molar-refractivity contribution is -0.134. The molecule has 0 aliphatic heterocycles. The van der Waals surface area contributed by atoms with Crippen molar-refractivity contribution in [3.63, 3.8) is 0 Å². The number of hydrogen-bond donors (Lipinski definition) is 2. The first-order valence-corrected chi connectivity index (χ1v) is 8.29. The van der Waals surface area contributed by atoms with E-state index in [0.717, 1.165) is 24.8 Å². The van der Waals surface area contributed by atoms with E-state index in [4.69, 9.17) is 0 Å². The van der Waals surface area contributed by atoms with Crippen molar-refractivity contribution < 1.29 is 14.6 Å². The molecule has 4 heteroatoms. The van der Waals surface area contributed by atoms with E-state index < -0.39 is 0 Å². The molecule has 1 aliphatic carbocycles. The Hall–Kier alpha value is -1.65. The molecule has 4 nitrogen and oxygen atoms in total. The molecule has 2 rings (SSSR count). The summed E-state index contributed by atoms with van der Waals surface area (Å²) in [4.78, 5) is 11.2. The van der Waals surface area contributed by atoms with Gasteiger partial charge in [-0.2, -0.15) is 0 Å². The van der Waals surface area contributed by atoms with Gasteiger partial charge in [0, 0.05) is 18.2 Å². The van der Waals surface area contributed by atoms with Gasteiger partial charge in [-0.1, -0.05) is 32.0 Å². The van der Waals surface area contributed by atoms with Crippen LogP contribution in [-0.2, 0) is 16.0 Å². The highest BCUT2D eigenvalue weighted by Crippen LogP contribution is 2.32. The standard InChI is InChI=1S/C19H27NO3/c1-13(2)10-16(12-21)20-18-8-6-15-11-14(4-7-17(15)18)5-9-19(22)23-3/h4-5,7,9,11,13,16,18,20-21H,6,8,10,12H2,1-3H3/t16-,18+/m0/s1. The first-order valence-electron chi connectivity index (χ1n) is 8.29. The molecular weight excluding hydrogens is 290 g/mol. The summed E-state index contributed by atoms with van der Waals surface area (Å²) in [6.45, 7) is 4.52. The number of carbonyl (C=O) groups excluding carboxylic acids is 1. The van der Waals surface area contributed by atoms with Crippen molar-refractivity contribution >= 4 is 12.0 Å². The van der Waals surface area contributed by atoms with Crippen LogP contribution in [0.4, 0.5) is 0 Å². The summed E-state index contributed by atoms with van der Waals surface area (Å²) in [7, 11) is 1.38. The molecule has 0 amide bonds. The van der Waals surface area contributed by atoms with Crippen LogP contribution < -0.4 is 5.32 Å².